The van der Waals surface area contributed by atoms with Crippen molar-refractivity contribution in [3.05, 3.63) is 12.7 Å². The minimum Gasteiger partial charge on any atom is -0.330 e. The van der Waals surface area contributed by atoms with Gasteiger partial charge in [0.15, 0.2) is 0 Å². The van der Waals surface area contributed by atoms with Crippen LogP contribution in [-0.2, 0) is 0 Å². The SMILES string of the molecule is C=CCC(CC)(CN)CCC. The molecule has 0 amide bonds. The van der Waals surface area contributed by atoms with Gasteiger partial charge in [0.2, 0.25) is 0 Å². The zero-order valence-electron chi connectivity index (χ0n) is 7.90. The van der Waals surface area contributed by atoms with E-state index in [0.29, 0.717) is 5.41 Å². The Kier molecular flexibility index (Phi) is 5.22. The summed E-state index contributed by atoms with van der Waals surface area (Å²) in [5.41, 5.74) is 6.09. The lowest BCUT2D eigenvalue weighted by Gasteiger charge is -2.29. The fraction of sp³-hybridized carbons (Fsp3) is 0.800. The second-order valence-corrected chi connectivity index (χ2v) is 3.30. The number of nitrogens with two attached hydrogens (primary N) is 1. The van der Waals surface area contributed by atoms with Crippen molar-refractivity contribution in [1.82, 2.24) is 0 Å². The summed E-state index contributed by atoms with van der Waals surface area (Å²) in [7, 11) is 0. The lowest BCUT2D eigenvalue weighted by Crippen LogP contribution is -2.29. The molecule has 0 aliphatic heterocycles. The van der Waals surface area contributed by atoms with Crippen LogP contribution in [0.1, 0.15) is 39.5 Å². The van der Waals surface area contributed by atoms with Gasteiger partial charge in [-0.1, -0.05) is 26.3 Å². The molecule has 0 radical (unpaired) electrons. The van der Waals surface area contributed by atoms with E-state index in [-0.39, 0.29) is 0 Å². The van der Waals surface area contributed by atoms with E-state index in [0.717, 1.165) is 13.0 Å². The Bertz CT molecular complexity index is 103. The van der Waals surface area contributed by atoms with Crippen LogP contribution in [0.25, 0.3) is 0 Å². The Balaban J connectivity index is 4.06. The fourth-order valence-corrected chi connectivity index (χ4v) is 1.59. The minimum absolute atomic E-state index is 0.344. The van der Waals surface area contributed by atoms with E-state index in [9.17, 15) is 0 Å². The smallest absolute Gasteiger partial charge is 0.00177 e. The van der Waals surface area contributed by atoms with E-state index < -0.39 is 0 Å². The van der Waals surface area contributed by atoms with Crippen molar-refractivity contribution in [2.75, 3.05) is 6.54 Å². The van der Waals surface area contributed by atoms with Crippen LogP contribution < -0.4 is 5.73 Å². The summed E-state index contributed by atoms with van der Waals surface area (Å²) in [5.74, 6) is 0. The molecule has 0 aliphatic rings. The molecule has 0 heterocycles. The van der Waals surface area contributed by atoms with Gasteiger partial charge in [-0.3, -0.25) is 0 Å². The summed E-state index contributed by atoms with van der Waals surface area (Å²) in [6.07, 6.45) is 6.67. The molecule has 0 fully saturated rings. The first-order valence-corrected chi connectivity index (χ1v) is 4.55. The van der Waals surface area contributed by atoms with Gasteiger partial charge in [-0.25, -0.2) is 0 Å². The third-order valence-electron chi connectivity index (χ3n) is 2.54. The average Bonchev–Trinajstić information content (AvgIpc) is 2.04. The van der Waals surface area contributed by atoms with Crippen LogP contribution in [0.3, 0.4) is 0 Å². The molecule has 0 aromatic heterocycles. The summed E-state index contributed by atoms with van der Waals surface area (Å²) in [4.78, 5) is 0. The highest BCUT2D eigenvalue weighted by Crippen LogP contribution is 2.30. The van der Waals surface area contributed by atoms with Crippen molar-refractivity contribution >= 4 is 0 Å². The van der Waals surface area contributed by atoms with Gasteiger partial charge in [-0.2, -0.15) is 0 Å². The third kappa shape index (κ3) is 3.06. The van der Waals surface area contributed by atoms with E-state index in [4.69, 9.17) is 5.73 Å². The van der Waals surface area contributed by atoms with Gasteiger partial charge in [-0.05, 0) is 31.2 Å². The predicted octanol–water partition coefficient (Wildman–Crippen LogP) is 2.72. The molecule has 0 rings (SSSR count). The molecule has 0 spiro atoms. The van der Waals surface area contributed by atoms with E-state index in [1.54, 1.807) is 0 Å². The van der Waals surface area contributed by atoms with Crippen molar-refractivity contribution in [2.45, 2.75) is 39.5 Å². The van der Waals surface area contributed by atoms with Crippen LogP contribution in [0.4, 0.5) is 0 Å². The predicted molar refractivity (Wildman–Crippen MR) is 51.5 cm³/mol. The maximum atomic E-state index is 5.74. The van der Waals surface area contributed by atoms with E-state index >= 15 is 0 Å². The van der Waals surface area contributed by atoms with E-state index in [1.807, 2.05) is 6.08 Å². The molecule has 1 heteroatoms. The Morgan fingerprint density at radius 2 is 2.09 bits per heavy atom. The lowest BCUT2D eigenvalue weighted by atomic mass is 9.78. The normalized spacial score (nSPS) is 15.9. The van der Waals surface area contributed by atoms with Crippen molar-refractivity contribution < 1.29 is 0 Å². The minimum atomic E-state index is 0.344. The number of rotatable bonds is 6. The molecular weight excluding hydrogens is 134 g/mol. The molecule has 1 nitrogen and oxygen atoms in total. The quantitative estimate of drug-likeness (QED) is 0.586. The highest BCUT2D eigenvalue weighted by atomic mass is 14.6. The van der Waals surface area contributed by atoms with Crippen LogP contribution in [0.2, 0.25) is 0 Å². The summed E-state index contributed by atoms with van der Waals surface area (Å²) in [6, 6.07) is 0. The van der Waals surface area contributed by atoms with E-state index in [2.05, 4.69) is 20.4 Å². The highest BCUT2D eigenvalue weighted by Gasteiger charge is 2.23. The second kappa shape index (κ2) is 5.36. The molecule has 0 saturated heterocycles. The molecule has 0 bridgehead atoms. The van der Waals surface area contributed by atoms with Crippen molar-refractivity contribution in [1.29, 1.82) is 0 Å². The fourth-order valence-electron chi connectivity index (χ4n) is 1.59. The largest absolute Gasteiger partial charge is 0.330 e. The Morgan fingerprint density at radius 1 is 1.45 bits per heavy atom. The summed E-state index contributed by atoms with van der Waals surface area (Å²) < 4.78 is 0. The maximum Gasteiger partial charge on any atom is -0.00177 e. The Labute approximate surface area is 70.7 Å². The molecular formula is C10H21N. The van der Waals surface area contributed by atoms with Crippen molar-refractivity contribution in [2.24, 2.45) is 11.1 Å². The van der Waals surface area contributed by atoms with Gasteiger partial charge < -0.3 is 5.73 Å². The zero-order chi connectivity index (χ0) is 8.74. The van der Waals surface area contributed by atoms with Crippen LogP contribution in [0, 0.1) is 5.41 Å². The first-order valence-electron chi connectivity index (χ1n) is 4.55. The van der Waals surface area contributed by atoms with Gasteiger partial charge in [0, 0.05) is 0 Å². The molecule has 0 aliphatic carbocycles. The molecule has 0 aromatic rings. The summed E-state index contributed by atoms with van der Waals surface area (Å²) in [6.45, 7) is 8.99. The number of hydrogen-bond acceptors (Lipinski definition) is 1. The highest BCUT2D eigenvalue weighted by molar-refractivity contribution is 4.86. The first kappa shape index (κ1) is 10.7. The molecule has 66 valence electrons. The second-order valence-electron chi connectivity index (χ2n) is 3.30. The first-order chi connectivity index (χ1) is 5.24. The van der Waals surface area contributed by atoms with Gasteiger partial charge in [0.1, 0.15) is 0 Å². The lowest BCUT2D eigenvalue weighted by molar-refractivity contribution is 0.262. The van der Waals surface area contributed by atoms with Crippen molar-refractivity contribution in [3.63, 3.8) is 0 Å². The third-order valence-corrected chi connectivity index (χ3v) is 2.54. The Morgan fingerprint density at radius 3 is 2.36 bits per heavy atom. The molecule has 0 saturated carbocycles. The number of hydrogen-bond donors (Lipinski definition) is 1. The molecule has 1 atom stereocenters. The molecule has 0 aromatic carbocycles. The summed E-state index contributed by atoms with van der Waals surface area (Å²) >= 11 is 0. The van der Waals surface area contributed by atoms with Gasteiger partial charge in [0.05, 0.1) is 0 Å². The maximum absolute atomic E-state index is 5.74. The average molecular weight is 155 g/mol. The van der Waals surface area contributed by atoms with Crippen LogP contribution >= 0.6 is 0 Å². The molecule has 11 heavy (non-hydrogen) atoms. The van der Waals surface area contributed by atoms with Crippen LogP contribution in [0.15, 0.2) is 12.7 Å². The molecule has 2 N–H and O–H groups in total. The van der Waals surface area contributed by atoms with Crippen molar-refractivity contribution in [3.8, 4) is 0 Å². The van der Waals surface area contributed by atoms with E-state index in [1.165, 1.54) is 19.3 Å². The van der Waals surface area contributed by atoms with Crippen LogP contribution in [0.5, 0.6) is 0 Å². The summed E-state index contributed by atoms with van der Waals surface area (Å²) in [5, 5.41) is 0. The topological polar surface area (TPSA) is 26.0 Å². The van der Waals surface area contributed by atoms with Gasteiger partial charge >= 0.3 is 0 Å². The van der Waals surface area contributed by atoms with Gasteiger partial charge in [0.25, 0.3) is 0 Å². The number of allylic oxidation sites excluding steroid dienone is 1. The zero-order valence-corrected chi connectivity index (χ0v) is 7.90. The Hall–Kier alpha value is -0.300. The monoisotopic (exact) mass is 155 g/mol. The van der Waals surface area contributed by atoms with Crippen LogP contribution in [-0.4, -0.2) is 6.54 Å². The van der Waals surface area contributed by atoms with Gasteiger partial charge in [-0.15, -0.1) is 6.58 Å². The standard InChI is InChI=1S/C10H21N/c1-4-7-10(6-3,9-11)8-5-2/h4H,1,5-9,11H2,2-3H3. The molecule has 1 unspecified atom stereocenters.